The van der Waals surface area contributed by atoms with E-state index in [1.165, 1.54) is 12.8 Å². The SMILES string of the molecule is O=c1cc2c(nn1CC1CN(Cc3cccnn3)C1)CCCC2. The van der Waals surface area contributed by atoms with Crippen molar-refractivity contribution in [3.63, 3.8) is 0 Å². The molecule has 0 N–H and O–H groups in total. The zero-order valence-electron chi connectivity index (χ0n) is 13.2. The molecule has 2 aromatic heterocycles. The van der Waals surface area contributed by atoms with Gasteiger partial charge >= 0.3 is 0 Å². The quantitative estimate of drug-likeness (QED) is 0.844. The molecule has 0 spiro atoms. The first-order valence-electron chi connectivity index (χ1n) is 8.37. The van der Waals surface area contributed by atoms with Gasteiger partial charge in [-0.15, -0.1) is 0 Å². The van der Waals surface area contributed by atoms with E-state index < -0.39 is 0 Å². The van der Waals surface area contributed by atoms with Gasteiger partial charge in [-0.3, -0.25) is 9.69 Å². The molecule has 1 aliphatic carbocycles. The van der Waals surface area contributed by atoms with Gasteiger partial charge in [0.2, 0.25) is 0 Å². The molecule has 0 radical (unpaired) electrons. The molecule has 3 heterocycles. The van der Waals surface area contributed by atoms with Crippen molar-refractivity contribution in [1.29, 1.82) is 0 Å². The van der Waals surface area contributed by atoms with Gasteiger partial charge in [-0.05, 0) is 43.4 Å². The minimum Gasteiger partial charge on any atom is -0.297 e. The lowest BCUT2D eigenvalue weighted by molar-refractivity contribution is 0.0749. The van der Waals surface area contributed by atoms with Crippen LogP contribution in [0.2, 0.25) is 0 Å². The summed E-state index contributed by atoms with van der Waals surface area (Å²) in [6, 6.07) is 5.71. The van der Waals surface area contributed by atoms with Crippen LogP contribution < -0.4 is 5.56 Å². The first-order valence-corrected chi connectivity index (χ1v) is 8.37. The second-order valence-electron chi connectivity index (χ2n) is 6.62. The van der Waals surface area contributed by atoms with Crippen molar-refractivity contribution >= 4 is 0 Å². The monoisotopic (exact) mass is 311 g/mol. The van der Waals surface area contributed by atoms with Gasteiger partial charge in [-0.25, -0.2) is 4.68 Å². The Hall–Kier alpha value is -2.08. The first kappa shape index (κ1) is 14.5. The van der Waals surface area contributed by atoms with Crippen molar-refractivity contribution in [3.05, 3.63) is 51.7 Å². The van der Waals surface area contributed by atoms with Gasteiger partial charge in [-0.2, -0.15) is 15.3 Å². The molecule has 4 rings (SSSR count). The van der Waals surface area contributed by atoms with Crippen molar-refractivity contribution in [2.45, 2.75) is 38.8 Å². The van der Waals surface area contributed by atoms with Gasteiger partial charge in [0.15, 0.2) is 0 Å². The lowest BCUT2D eigenvalue weighted by atomic mass is 9.96. The summed E-state index contributed by atoms with van der Waals surface area (Å²) in [5.74, 6) is 0.499. The minimum atomic E-state index is 0.0537. The summed E-state index contributed by atoms with van der Waals surface area (Å²) in [5.41, 5.74) is 3.34. The Kier molecular flexibility index (Phi) is 3.91. The summed E-state index contributed by atoms with van der Waals surface area (Å²) in [5, 5.41) is 12.6. The largest absolute Gasteiger partial charge is 0.297 e. The molecule has 120 valence electrons. The molecule has 0 aromatic carbocycles. The number of rotatable bonds is 4. The van der Waals surface area contributed by atoms with Crippen molar-refractivity contribution in [2.75, 3.05) is 13.1 Å². The van der Waals surface area contributed by atoms with Gasteiger partial charge in [0.25, 0.3) is 5.56 Å². The third-order valence-electron chi connectivity index (χ3n) is 4.75. The Morgan fingerprint density at radius 1 is 1.22 bits per heavy atom. The maximum atomic E-state index is 12.2. The molecule has 0 bridgehead atoms. The van der Waals surface area contributed by atoms with Crippen molar-refractivity contribution in [3.8, 4) is 0 Å². The molecule has 1 saturated heterocycles. The summed E-state index contributed by atoms with van der Waals surface area (Å²) in [6.45, 7) is 3.53. The predicted octanol–water partition coefficient (Wildman–Crippen LogP) is 1.04. The Morgan fingerprint density at radius 2 is 2.09 bits per heavy atom. The summed E-state index contributed by atoms with van der Waals surface area (Å²) in [7, 11) is 0. The van der Waals surface area contributed by atoms with Crippen molar-refractivity contribution in [2.24, 2.45) is 5.92 Å². The first-order chi connectivity index (χ1) is 11.3. The Labute approximate surface area is 135 Å². The molecule has 0 unspecified atom stereocenters. The van der Waals surface area contributed by atoms with Crippen LogP contribution in [0, 0.1) is 5.92 Å². The lowest BCUT2D eigenvalue weighted by Gasteiger charge is -2.39. The van der Waals surface area contributed by atoms with E-state index in [4.69, 9.17) is 0 Å². The fraction of sp³-hybridized carbons (Fsp3) is 0.529. The molecule has 23 heavy (non-hydrogen) atoms. The van der Waals surface area contributed by atoms with E-state index in [0.717, 1.165) is 56.0 Å². The molecular weight excluding hydrogens is 290 g/mol. The maximum absolute atomic E-state index is 12.2. The van der Waals surface area contributed by atoms with E-state index >= 15 is 0 Å². The number of hydrogen-bond donors (Lipinski definition) is 0. The fourth-order valence-corrected chi connectivity index (χ4v) is 3.54. The van der Waals surface area contributed by atoms with Gasteiger partial charge in [-0.1, -0.05) is 0 Å². The van der Waals surface area contributed by atoms with Crippen molar-refractivity contribution in [1.82, 2.24) is 24.9 Å². The van der Waals surface area contributed by atoms with E-state index in [-0.39, 0.29) is 5.56 Å². The normalized spacial score (nSPS) is 18.4. The van der Waals surface area contributed by atoms with Gasteiger partial charge in [0.05, 0.1) is 17.9 Å². The number of aryl methyl sites for hydroxylation is 2. The van der Waals surface area contributed by atoms with E-state index in [1.807, 2.05) is 12.1 Å². The highest BCUT2D eigenvalue weighted by Crippen LogP contribution is 2.20. The summed E-state index contributed by atoms with van der Waals surface area (Å²) < 4.78 is 1.68. The molecule has 0 atom stereocenters. The van der Waals surface area contributed by atoms with E-state index in [9.17, 15) is 4.79 Å². The highest BCUT2D eigenvalue weighted by Gasteiger charge is 2.28. The molecule has 6 heteroatoms. The van der Waals surface area contributed by atoms with Crippen LogP contribution >= 0.6 is 0 Å². The topological polar surface area (TPSA) is 63.9 Å². The van der Waals surface area contributed by atoms with Crippen LogP contribution in [0.25, 0.3) is 0 Å². The molecule has 1 aliphatic heterocycles. The second kappa shape index (κ2) is 6.20. The molecule has 6 nitrogen and oxygen atoms in total. The molecule has 0 amide bonds. The molecule has 2 aliphatic rings. The fourth-order valence-electron chi connectivity index (χ4n) is 3.54. The second-order valence-corrected chi connectivity index (χ2v) is 6.62. The van der Waals surface area contributed by atoms with Crippen LogP contribution in [-0.2, 0) is 25.9 Å². The predicted molar refractivity (Wildman–Crippen MR) is 85.9 cm³/mol. The zero-order chi connectivity index (χ0) is 15.6. The molecule has 1 fully saturated rings. The average molecular weight is 311 g/mol. The number of likely N-dealkylation sites (tertiary alicyclic amines) is 1. The summed E-state index contributed by atoms with van der Waals surface area (Å²) in [6.07, 6.45) is 6.08. The van der Waals surface area contributed by atoms with Gasteiger partial charge in [0, 0.05) is 37.8 Å². The van der Waals surface area contributed by atoms with Gasteiger partial charge < -0.3 is 0 Å². The Bertz CT molecular complexity index is 736. The number of hydrogen-bond acceptors (Lipinski definition) is 5. The van der Waals surface area contributed by atoms with Crippen LogP contribution in [0.1, 0.15) is 29.8 Å². The van der Waals surface area contributed by atoms with E-state index in [2.05, 4.69) is 20.2 Å². The van der Waals surface area contributed by atoms with Gasteiger partial charge in [0.1, 0.15) is 0 Å². The van der Waals surface area contributed by atoms with Crippen LogP contribution in [-0.4, -0.2) is 38.0 Å². The van der Waals surface area contributed by atoms with E-state index in [1.54, 1.807) is 16.9 Å². The molecule has 2 aromatic rings. The lowest BCUT2D eigenvalue weighted by Crippen LogP contribution is -2.49. The average Bonchev–Trinajstić information content (AvgIpc) is 2.54. The maximum Gasteiger partial charge on any atom is 0.267 e. The molecular formula is C17H21N5O. The number of aromatic nitrogens is 4. The van der Waals surface area contributed by atoms with Crippen LogP contribution in [0.15, 0.2) is 29.2 Å². The zero-order valence-corrected chi connectivity index (χ0v) is 13.2. The Balaban J connectivity index is 1.36. The van der Waals surface area contributed by atoms with Crippen LogP contribution in [0.4, 0.5) is 0 Å². The highest BCUT2D eigenvalue weighted by atomic mass is 16.1. The minimum absolute atomic E-state index is 0.0537. The number of nitrogens with zero attached hydrogens (tertiary/aromatic N) is 5. The van der Waals surface area contributed by atoms with E-state index in [0.29, 0.717) is 5.92 Å². The van der Waals surface area contributed by atoms with Crippen LogP contribution in [0.3, 0.4) is 0 Å². The third-order valence-corrected chi connectivity index (χ3v) is 4.75. The summed E-state index contributed by atoms with van der Waals surface area (Å²) >= 11 is 0. The number of fused-ring (bicyclic) bond motifs is 1. The smallest absolute Gasteiger partial charge is 0.267 e. The third kappa shape index (κ3) is 3.17. The Morgan fingerprint density at radius 3 is 2.91 bits per heavy atom. The highest BCUT2D eigenvalue weighted by molar-refractivity contribution is 5.20. The van der Waals surface area contributed by atoms with Crippen molar-refractivity contribution < 1.29 is 0 Å². The summed E-state index contributed by atoms with van der Waals surface area (Å²) in [4.78, 5) is 14.5. The molecule has 0 saturated carbocycles. The van der Waals surface area contributed by atoms with Crippen LogP contribution in [0.5, 0.6) is 0 Å². The standard InChI is InChI=1S/C17H21N5O/c23-17-8-14-4-1-2-6-16(14)20-22(17)11-13-9-21(10-13)12-15-5-3-7-18-19-15/h3,5,7-8,13H,1-2,4,6,9-12H2.